The predicted octanol–water partition coefficient (Wildman–Crippen LogP) is 2.32. The molecular weight excluding hydrogens is 210 g/mol. The first-order chi connectivity index (χ1) is 8.20. The highest BCUT2D eigenvalue weighted by atomic mass is 15.1. The fraction of sp³-hybridized carbons (Fsp3) is 0.357. The molecule has 0 fully saturated rings. The molecule has 2 N–H and O–H groups in total. The summed E-state index contributed by atoms with van der Waals surface area (Å²) in [5.41, 5.74) is 8.23. The molecule has 1 aromatic carbocycles. The number of nitrogens with two attached hydrogens (primary N) is 1. The zero-order valence-corrected chi connectivity index (χ0v) is 10.4. The van der Waals surface area contributed by atoms with Crippen molar-refractivity contribution < 1.29 is 0 Å². The summed E-state index contributed by atoms with van der Waals surface area (Å²) in [6.07, 6.45) is 5.70. The van der Waals surface area contributed by atoms with Gasteiger partial charge >= 0.3 is 0 Å². The average molecular weight is 229 g/mol. The van der Waals surface area contributed by atoms with E-state index >= 15 is 0 Å². The fourth-order valence-corrected chi connectivity index (χ4v) is 2.00. The van der Waals surface area contributed by atoms with Crippen LogP contribution in [0.1, 0.15) is 25.2 Å². The van der Waals surface area contributed by atoms with Gasteiger partial charge in [0.2, 0.25) is 0 Å². The number of hydrogen-bond donors (Lipinski definition) is 1. The molecule has 0 saturated heterocycles. The molecule has 3 heteroatoms. The maximum absolute atomic E-state index is 5.79. The van der Waals surface area contributed by atoms with Crippen LogP contribution in [0.4, 0.5) is 0 Å². The Morgan fingerprint density at radius 2 is 2.00 bits per heavy atom. The summed E-state index contributed by atoms with van der Waals surface area (Å²) in [6.45, 7) is 4.14. The lowest BCUT2D eigenvalue weighted by atomic mass is 10.1. The van der Waals surface area contributed by atoms with Crippen LogP contribution < -0.4 is 5.73 Å². The van der Waals surface area contributed by atoms with Gasteiger partial charge in [0.25, 0.3) is 0 Å². The molecule has 1 heterocycles. The Bertz CT molecular complexity index is 468. The van der Waals surface area contributed by atoms with Gasteiger partial charge in [-0.1, -0.05) is 19.1 Å². The van der Waals surface area contributed by atoms with Crippen LogP contribution in [0.25, 0.3) is 5.69 Å². The van der Waals surface area contributed by atoms with Gasteiger partial charge in [-0.05, 0) is 31.0 Å². The number of hydrogen-bond acceptors (Lipinski definition) is 2. The summed E-state index contributed by atoms with van der Waals surface area (Å²) in [7, 11) is 0. The van der Waals surface area contributed by atoms with Gasteiger partial charge in [-0.15, -0.1) is 0 Å². The van der Waals surface area contributed by atoms with E-state index < -0.39 is 0 Å². The van der Waals surface area contributed by atoms with Gasteiger partial charge in [-0.25, -0.2) is 4.98 Å². The molecule has 0 aliphatic carbocycles. The molecule has 90 valence electrons. The van der Waals surface area contributed by atoms with E-state index in [4.69, 9.17) is 5.73 Å². The van der Waals surface area contributed by atoms with Crippen LogP contribution in [0, 0.1) is 0 Å². The summed E-state index contributed by atoms with van der Waals surface area (Å²) in [6, 6.07) is 8.73. The van der Waals surface area contributed by atoms with Crippen molar-refractivity contribution in [1.82, 2.24) is 9.55 Å². The van der Waals surface area contributed by atoms with E-state index in [1.165, 1.54) is 5.56 Å². The molecule has 0 amide bonds. The molecule has 0 spiro atoms. The Kier molecular flexibility index (Phi) is 3.59. The number of aryl methyl sites for hydroxylation is 1. The molecule has 0 bridgehead atoms. The monoisotopic (exact) mass is 229 g/mol. The van der Waals surface area contributed by atoms with Gasteiger partial charge in [-0.3, -0.25) is 0 Å². The van der Waals surface area contributed by atoms with E-state index in [1.807, 2.05) is 19.3 Å². The van der Waals surface area contributed by atoms with Gasteiger partial charge in [0.1, 0.15) is 5.82 Å². The number of rotatable bonds is 4. The lowest BCUT2D eigenvalue weighted by molar-refractivity contribution is 0.738. The zero-order chi connectivity index (χ0) is 12.3. The van der Waals surface area contributed by atoms with Crippen molar-refractivity contribution in [1.29, 1.82) is 0 Å². The normalized spacial score (nSPS) is 12.6. The number of aromatic nitrogens is 2. The largest absolute Gasteiger partial charge is 0.328 e. The van der Waals surface area contributed by atoms with Crippen molar-refractivity contribution in [3.8, 4) is 5.69 Å². The topological polar surface area (TPSA) is 43.8 Å². The SMILES string of the molecule is CCc1nccn1-c1ccc(CC(C)N)cc1. The van der Waals surface area contributed by atoms with Crippen LogP contribution in [0.3, 0.4) is 0 Å². The third kappa shape index (κ3) is 2.74. The van der Waals surface area contributed by atoms with Gasteiger partial charge in [0, 0.05) is 30.5 Å². The van der Waals surface area contributed by atoms with Crippen LogP contribution in [0.2, 0.25) is 0 Å². The maximum Gasteiger partial charge on any atom is 0.112 e. The predicted molar refractivity (Wildman–Crippen MR) is 70.3 cm³/mol. The highest BCUT2D eigenvalue weighted by Gasteiger charge is 2.03. The molecule has 1 atom stereocenters. The minimum absolute atomic E-state index is 0.209. The molecule has 1 unspecified atom stereocenters. The summed E-state index contributed by atoms with van der Waals surface area (Å²) in [5.74, 6) is 1.09. The molecule has 0 aliphatic rings. The minimum Gasteiger partial charge on any atom is -0.328 e. The molecule has 2 rings (SSSR count). The van der Waals surface area contributed by atoms with Crippen molar-refractivity contribution in [2.24, 2.45) is 5.73 Å². The van der Waals surface area contributed by atoms with Crippen molar-refractivity contribution in [3.63, 3.8) is 0 Å². The Labute approximate surface area is 102 Å². The van der Waals surface area contributed by atoms with Crippen LogP contribution in [0.5, 0.6) is 0 Å². The quantitative estimate of drug-likeness (QED) is 0.874. The minimum atomic E-state index is 0.209. The molecule has 0 aliphatic heterocycles. The molecule has 17 heavy (non-hydrogen) atoms. The molecule has 0 radical (unpaired) electrons. The number of benzene rings is 1. The van der Waals surface area contributed by atoms with Gasteiger partial charge in [0.15, 0.2) is 0 Å². The Balaban J connectivity index is 2.23. The summed E-state index contributed by atoms with van der Waals surface area (Å²) < 4.78 is 2.12. The van der Waals surface area contributed by atoms with E-state index in [2.05, 4.69) is 40.7 Å². The van der Waals surface area contributed by atoms with E-state index in [0.717, 1.165) is 24.4 Å². The average Bonchev–Trinajstić information content (AvgIpc) is 2.77. The second kappa shape index (κ2) is 5.15. The van der Waals surface area contributed by atoms with Crippen LogP contribution in [-0.2, 0) is 12.8 Å². The summed E-state index contributed by atoms with van der Waals surface area (Å²) in [5, 5.41) is 0. The van der Waals surface area contributed by atoms with Gasteiger partial charge in [-0.2, -0.15) is 0 Å². The lowest BCUT2D eigenvalue weighted by Crippen LogP contribution is -2.17. The summed E-state index contributed by atoms with van der Waals surface area (Å²) >= 11 is 0. The first-order valence-corrected chi connectivity index (χ1v) is 6.08. The molecular formula is C14H19N3. The van der Waals surface area contributed by atoms with Crippen LogP contribution in [-0.4, -0.2) is 15.6 Å². The van der Waals surface area contributed by atoms with E-state index in [-0.39, 0.29) is 6.04 Å². The van der Waals surface area contributed by atoms with Crippen LogP contribution in [0.15, 0.2) is 36.7 Å². The molecule has 3 nitrogen and oxygen atoms in total. The van der Waals surface area contributed by atoms with Crippen molar-refractivity contribution in [3.05, 3.63) is 48.0 Å². The third-order valence-electron chi connectivity index (χ3n) is 2.81. The zero-order valence-electron chi connectivity index (χ0n) is 10.4. The molecule has 0 saturated carbocycles. The molecule has 1 aromatic heterocycles. The van der Waals surface area contributed by atoms with E-state index in [9.17, 15) is 0 Å². The van der Waals surface area contributed by atoms with Crippen LogP contribution >= 0.6 is 0 Å². The number of nitrogens with zero attached hydrogens (tertiary/aromatic N) is 2. The van der Waals surface area contributed by atoms with Crippen molar-refractivity contribution in [2.45, 2.75) is 32.7 Å². The highest BCUT2D eigenvalue weighted by Crippen LogP contribution is 2.13. The first kappa shape index (κ1) is 11.9. The highest BCUT2D eigenvalue weighted by molar-refractivity contribution is 5.36. The van der Waals surface area contributed by atoms with E-state index in [0.29, 0.717) is 0 Å². The Morgan fingerprint density at radius 1 is 1.29 bits per heavy atom. The Morgan fingerprint density at radius 3 is 2.59 bits per heavy atom. The lowest BCUT2D eigenvalue weighted by Gasteiger charge is -2.09. The number of imidazole rings is 1. The van der Waals surface area contributed by atoms with Crippen molar-refractivity contribution >= 4 is 0 Å². The third-order valence-corrected chi connectivity index (χ3v) is 2.81. The molecule has 2 aromatic rings. The second-order valence-electron chi connectivity index (χ2n) is 4.41. The summed E-state index contributed by atoms with van der Waals surface area (Å²) in [4.78, 5) is 4.32. The first-order valence-electron chi connectivity index (χ1n) is 6.08. The smallest absolute Gasteiger partial charge is 0.112 e. The van der Waals surface area contributed by atoms with Crippen molar-refractivity contribution in [2.75, 3.05) is 0 Å². The van der Waals surface area contributed by atoms with Gasteiger partial charge in [0.05, 0.1) is 0 Å². The Hall–Kier alpha value is -1.61. The fourth-order valence-electron chi connectivity index (χ4n) is 2.00. The van der Waals surface area contributed by atoms with E-state index in [1.54, 1.807) is 0 Å². The standard InChI is InChI=1S/C14H19N3/c1-3-14-16-8-9-17(14)13-6-4-12(5-7-13)10-11(2)15/h4-9,11H,3,10,15H2,1-2H3. The maximum atomic E-state index is 5.79. The van der Waals surface area contributed by atoms with Gasteiger partial charge < -0.3 is 10.3 Å². The second-order valence-corrected chi connectivity index (χ2v) is 4.41.